The van der Waals surface area contributed by atoms with Gasteiger partial charge in [0.1, 0.15) is 5.75 Å². The summed E-state index contributed by atoms with van der Waals surface area (Å²) in [7, 11) is 1.56. The zero-order valence-corrected chi connectivity index (χ0v) is 14.2. The Balaban J connectivity index is 1.93. The quantitative estimate of drug-likeness (QED) is 0.615. The van der Waals surface area contributed by atoms with Crippen molar-refractivity contribution >= 4 is 17.4 Å². The Kier molecular flexibility index (Phi) is 4.83. The number of benzene rings is 3. The molecular formula is C21H14ClNO2. The van der Waals surface area contributed by atoms with E-state index in [0.717, 1.165) is 11.1 Å². The van der Waals surface area contributed by atoms with E-state index in [-0.39, 0.29) is 5.78 Å². The monoisotopic (exact) mass is 347 g/mol. The highest BCUT2D eigenvalue weighted by atomic mass is 35.5. The van der Waals surface area contributed by atoms with Crippen LogP contribution in [0, 0.1) is 11.3 Å². The number of halogens is 1. The third-order valence-corrected chi connectivity index (χ3v) is 4.07. The Bertz CT molecular complexity index is 972. The maximum absolute atomic E-state index is 12.5. The standard InChI is InChI=1S/C21H14ClNO2/c1-25-20-10-14(13-23)9-18(12-20)15-5-7-16(8-6-15)21(24)17-3-2-4-19(22)11-17/h2-12H,1H3. The minimum absolute atomic E-state index is 0.0857. The van der Waals surface area contributed by atoms with Crippen LogP contribution in [-0.4, -0.2) is 12.9 Å². The second kappa shape index (κ2) is 7.21. The average Bonchev–Trinajstić information content (AvgIpc) is 2.67. The van der Waals surface area contributed by atoms with Crippen LogP contribution in [0.25, 0.3) is 11.1 Å². The summed E-state index contributed by atoms with van der Waals surface area (Å²) >= 11 is 5.95. The molecule has 0 aliphatic carbocycles. The molecule has 0 saturated carbocycles. The largest absolute Gasteiger partial charge is 0.497 e. The fraction of sp³-hybridized carbons (Fsp3) is 0.0476. The Morgan fingerprint density at radius 1 is 0.960 bits per heavy atom. The van der Waals surface area contributed by atoms with Crippen LogP contribution in [0.1, 0.15) is 21.5 Å². The molecule has 0 N–H and O–H groups in total. The first-order valence-electron chi connectivity index (χ1n) is 7.60. The SMILES string of the molecule is COc1cc(C#N)cc(-c2ccc(C(=O)c3cccc(Cl)c3)cc2)c1. The lowest BCUT2D eigenvalue weighted by Gasteiger charge is -2.07. The van der Waals surface area contributed by atoms with Crippen molar-refractivity contribution in [1.82, 2.24) is 0 Å². The van der Waals surface area contributed by atoms with Crippen molar-refractivity contribution in [2.45, 2.75) is 0 Å². The van der Waals surface area contributed by atoms with E-state index in [0.29, 0.717) is 27.5 Å². The van der Waals surface area contributed by atoms with Crippen LogP contribution in [0.4, 0.5) is 0 Å². The topological polar surface area (TPSA) is 50.1 Å². The summed E-state index contributed by atoms with van der Waals surface area (Å²) < 4.78 is 5.23. The van der Waals surface area contributed by atoms with E-state index in [1.807, 2.05) is 18.2 Å². The summed E-state index contributed by atoms with van der Waals surface area (Å²) in [6, 6.07) is 21.6. The molecule has 3 aromatic rings. The third kappa shape index (κ3) is 3.71. The zero-order chi connectivity index (χ0) is 17.8. The molecule has 3 nitrogen and oxygen atoms in total. The number of carbonyl (C=O) groups is 1. The van der Waals surface area contributed by atoms with Crippen LogP contribution in [0.2, 0.25) is 5.02 Å². The lowest BCUT2D eigenvalue weighted by Crippen LogP contribution is -2.00. The number of ketones is 1. The number of ether oxygens (including phenoxy) is 1. The zero-order valence-electron chi connectivity index (χ0n) is 13.5. The molecular weight excluding hydrogens is 334 g/mol. The number of carbonyl (C=O) groups excluding carboxylic acids is 1. The molecule has 0 atom stereocenters. The van der Waals surface area contributed by atoms with E-state index in [4.69, 9.17) is 21.6 Å². The molecule has 0 spiro atoms. The molecule has 0 radical (unpaired) electrons. The van der Waals surface area contributed by atoms with Crippen molar-refractivity contribution in [1.29, 1.82) is 5.26 Å². The molecule has 122 valence electrons. The summed E-state index contributed by atoms with van der Waals surface area (Å²) in [4.78, 5) is 12.5. The molecule has 0 fully saturated rings. The molecule has 0 amide bonds. The van der Waals surface area contributed by atoms with Crippen molar-refractivity contribution in [3.8, 4) is 22.9 Å². The second-order valence-corrected chi connectivity index (χ2v) is 5.92. The van der Waals surface area contributed by atoms with Crippen molar-refractivity contribution < 1.29 is 9.53 Å². The molecule has 0 aliphatic rings. The van der Waals surface area contributed by atoms with Crippen LogP contribution < -0.4 is 4.74 Å². The van der Waals surface area contributed by atoms with Crippen LogP contribution in [0.5, 0.6) is 5.75 Å². The van der Waals surface area contributed by atoms with E-state index >= 15 is 0 Å². The van der Waals surface area contributed by atoms with Gasteiger partial charge in [0.05, 0.1) is 18.7 Å². The van der Waals surface area contributed by atoms with Gasteiger partial charge in [0.25, 0.3) is 0 Å². The van der Waals surface area contributed by atoms with Crippen molar-refractivity contribution in [2.75, 3.05) is 7.11 Å². The Morgan fingerprint density at radius 2 is 1.72 bits per heavy atom. The highest BCUT2D eigenvalue weighted by molar-refractivity contribution is 6.31. The molecule has 25 heavy (non-hydrogen) atoms. The minimum Gasteiger partial charge on any atom is -0.497 e. The van der Waals surface area contributed by atoms with Crippen LogP contribution >= 0.6 is 11.6 Å². The van der Waals surface area contributed by atoms with Crippen molar-refractivity contribution in [3.63, 3.8) is 0 Å². The summed E-state index contributed by atoms with van der Waals surface area (Å²) in [6.07, 6.45) is 0. The minimum atomic E-state index is -0.0857. The number of nitrogens with zero attached hydrogens (tertiary/aromatic N) is 1. The molecule has 0 heterocycles. The predicted octanol–water partition coefficient (Wildman–Crippen LogP) is 5.12. The molecule has 0 saturated heterocycles. The smallest absolute Gasteiger partial charge is 0.193 e. The van der Waals surface area contributed by atoms with Crippen molar-refractivity contribution in [3.05, 3.63) is 88.4 Å². The summed E-state index contributed by atoms with van der Waals surface area (Å²) in [6.45, 7) is 0. The summed E-state index contributed by atoms with van der Waals surface area (Å²) in [5, 5.41) is 9.66. The lowest BCUT2D eigenvalue weighted by atomic mass is 9.98. The predicted molar refractivity (Wildman–Crippen MR) is 98.0 cm³/mol. The fourth-order valence-electron chi connectivity index (χ4n) is 2.56. The van der Waals surface area contributed by atoms with Crippen LogP contribution in [-0.2, 0) is 0 Å². The Hall–Kier alpha value is -3.09. The number of hydrogen-bond donors (Lipinski definition) is 0. The normalized spacial score (nSPS) is 10.1. The van der Waals surface area contributed by atoms with Gasteiger partial charge in [0.15, 0.2) is 5.78 Å². The lowest BCUT2D eigenvalue weighted by molar-refractivity contribution is 0.103. The van der Waals surface area contributed by atoms with Gasteiger partial charge < -0.3 is 4.74 Å². The molecule has 3 aromatic carbocycles. The Morgan fingerprint density at radius 3 is 2.36 bits per heavy atom. The van der Waals surface area contributed by atoms with E-state index in [2.05, 4.69) is 6.07 Å². The highest BCUT2D eigenvalue weighted by Crippen LogP contribution is 2.26. The molecule has 0 aliphatic heterocycles. The van der Waals surface area contributed by atoms with Gasteiger partial charge in [-0.15, -0.1) is 0 Å². The van der Waals surface area contributed by atoms with Gasteiger partial charge in [0, 0.05) is 16.1 Å². The van der Waals surface area contributed by atoms with Gasteiger partial charge >= 0.3 is 0 Å². The van der Waals surface area contributed by atoms with E-state index in [1.54, 1.807) is 55.6 Å². The first-order valence-corrected chi connectivity index (χ1v) is 7.98. The van der Waals surface area contributed by atoms with Crippen LogP contribution in [0.3, 0.4) is 0 Å². The van der Waals surface area contributed by atoms with Gasteiger partial charge in [-0.1, -0.05) is 48.0 Å². The van der Waals surface area contributed by atoms with Gasteiger partial charge in [-0.25, -0.2) is 0 Å². The summed E-state index contributed by atoms with van der Waals surface area (Å²) in [5.74, 6) is 0.533. The summed E-state index contributed by atoms with van der Waals surface area (Å²) in [5.41, 5.74) is 3.41. The van der Waals surface area contributed by atoms with Gasteiger partial charge in [-0.05, 0) is 41.5 Å². The number of hydrogen-bond acceptors (Lipinski definition) is 3. The van der Waals surface area contributed by atoms with Gasteiger partial charge in [-0.2, -0.15) is 5.26 Å². The highest BCUT2D eigenvalue weighted by Gasteiger charge is 2.10. The second-order valence-electron chi connectivity index (χ2n) is 5.48. The maximum atomic E-state index is 12.5. The number of nitriles is 1. The Labute approximate surface area is 151 Å². The van der Waals surface area contributed by atoms with Gasteiger partial charge in [0.2, 0.25) is 0 Å². The van der Waals surface area contributed by atoms with E-state index in [9.17, 15) is 4.79 Å². The number of methoxy groups -OCH3 is 1. The molecule has 0 bridgehead atoms. The third-order valence-electron chi connectivity index (χ3n) is 3.84. The molecule has 0 unspecified atom stereocenters. The van der Waals surface area contributed by atoms with E-state index in [1.165, 1.54) is 0 Å². The fourth-order valence-corrected chi connectivity index (χ4v) is 2.75. The first kappa shape index (κ1) is 16.8. The first-order chi connectivity index (χ1) is 12.1. The van der Waals surface area contributed by atoms with Gasteiger partial charge in [-0.3, -0.25) is 4.79 Å². The molecule has 0 aromatic heterocycles. The van der Waals surface area contributed by atoms with E-state index < -0.39 is 0 Å². The number of rotatable bonds is 4. The maximum Gasteiger partial charge on any atom is 0.193 e. The molecule has 4 heteroatoms. The molecule has 3 rings (SSSR count). The average molecular weight is 348 g/mol. The van der Waals surface area contributed by atoms with Crippen molar-refractivity contribution in [2.24, 2.45) is 0 Å². The van der Waals surface area contributed by atoms with Crippen LogP contribution in [0.15, 0.2) is 66.7 Å².